The molecule has 1 N–H and O–H groups in total. The summed E-state index contributed by atoms with van der Waals surface area (Å²) in [5, 5.41) is 5.27. The third-order valence-electron chi connectivity index (χ3n) is 5.24. The van der Waals surface area contributed by atoms with Gasteiger partial charge in [-0.3, -0.25) is 9.59 Å². The van der Waals surface area contributed by atoms with E-state index in [-0.39, 0.29) is 11.8 Å². The lowest BCUT2D eigenvalue weighted by Gasteiger charge is -2.29. The molecule has 1 heterocycles. The minimum atomic E-state index is -0.0337. The van der Waals surface area contributed by atoms with Gasteiger partial charge in [-0.15, -0.1) is 0 Å². The first kappa shape index (κ1) is 18.2. The van der Waals surface area contributed by atoms with Crippen molar-refractivity contribution in [2.75, 3.05) is 16.8 Å². The maximum atomic E-state index is 12.6. The summed E-state index contributed by atoms with van der Waals surface area (Å²) < 4.78 is 0. The molecule has 142 valence electrons. The van der Waals surface area contributed by atoms with Crippen LogP contribution in [0, 0.1) is 0 Å². The van der Waals surface area contributed by atoms with Crippen LogP contribution in [0.2, 0.25) is 0 Å². The highest BCUT2D eigenvalue weighted by Gasteiger charge is 2.23. The normalized spacial score (nSPS) is 13.5. The maximum absolute atomic E-state index is 12.6. The molecule has 0 atom stereocenters. The zero-order valence-electron chi connectivity index (χ0n) is 16.1. The Morgan fingerprint density at radius 3 is 2.71 bits per heavy atom. The molecule has 1 aliphatic rings. The summed E-state index contributed by atoms with van der Waals surface area (Å²) >= 11 is 0. The van der Waals surface area contributed by atoms with Crippen LogP contribution in [0.15, 0.2) is 60.7 Å². The molecular formula is C24H24N2O2. The molecule has 0 saturated heterocycles. The number of fused-ring (bicyclic) bond motifs is 2. The van der Waals surface area contributed by atoms with Crippen LogP contribution in [-0.2, 0) is 22.4 Å². The number of hydrogen-bond acceptors (Lipinski definition) is 2. The monoisotopic (exact) mass is 372 g/mol. The predicted molar refractivity (Wildman–Crippen MR) is 114 cm³/mol. The number of aryl methyl sites for hydroxylation is 1. The average Bonchev–Trinajstić information content (AvgIpc) is 2.70. The Kier molecular flexibility index (Phi) is 5.11. The fourth-order valence-corrected chi connectivity index (χ4v) is 3.93. The van der Waals surface area contributed by atoms with Crippen LogP contribution in [0.1, 0.15) is 30.9 Å². The van der Waals surface area contributed by atoms with Crippen molar-refractivity contribution in [2.45, 2.75) is 32.6 Å². The first-order valence-electron chi connectivity index (χ1n) is 9.85. The van der Waals surface area contributed by atoms with Crippen molar-refractivity contribution in [3.05, 3.63) is 71.8 Å². The molecule has 3 aromatic rings. The van der Waals surface area contributed by atoms with E-state index in [0.29, 0.717) is 12.8 Å². The van der Waals surface area contributed by atoms with Gasteiger partial charge in [0.25, 0.3) is 0 Å². The Bertz CT molecular complexity index is 1040. The Hall–Kier alpha value is -3.14. The number of amides is 2. The molecule has 0 radical (unpaired) electrons. The summed E-state index contributed by atoms with van der Waals surface area (Å²) in [7, 11) is 0. The van der Waals surface area contributed by atoms with Gasteiger partial charge in [-0.1, -0.05) is 49.4 Å². The smallest absolute Gasteiger partial charge is 0.228 e. The Labute approximate surface area is 165 Å². The summed E-state index contributed by atoms with van der Waals surface area (Å²) in [4.78, 5) is 26.7. The molecule has 0 bridgehead atoms. The topological polar surface area (TPSA) is 49.4 Å². The van der Waals surface area contributed by atoms with Crippen LogP contribution in [0.5, 0.6) is 0 Å². The fraction of sp³-hybridized carbons (Fsp3) is 0.250. The van der Waals surface area contributed by atoms with E-state index in [1.54, 1.807) is 0 Å². The lowest BCUT2D eigenvalue weighted by molar-refractivity contribution is -0.119. The quantitative estimate of drug-likeness (QED) is 0.705. The van der Waals surface area contributed by atoms with E-state index in [9.17, 15) is 9.59 Å². The van der Waals surface area contributed by atoms with Crippen molar-refractivity contribution >= 4 is 34.0 Å². The molecule has 28 heavy (non-hydrogen) atoms. The molecule has 0 spiro atoms. The average molecular weight is 372 g/mol. The van der Waals surface area contributed by atoms with Crippen molar-refractivity contribution in [1.82, 2.24) is 0 Å². The van der Waals surface area contributed by atoms with Gasteiger partial charge in [0.15, 0.2) is 0 Å². The van der Waals surface area contributed by atoms with E-state index >= 15 is 0 Å². The highest BCUT2D eigenvalue weighted by atomic mass is 16.2. The maximum Gasteiger partial charge on any atom is 0.228 e. The van der Waals surface area contributed by atoms with Gasteiger partial charge in [-0.05, 0) is 52.9 Å². The summed E-state index contributed by atoms with van der Waals surface area (Å²) in [6.45, 7) is 2.81. The number of rotatable bonds is 5. The number of nitrogens with one attached hydrogen (secondary N) is 1. The molecule has 0 aliphatic carbocycles. The molecule has 0 fully saturated rings. The number of benzene rings is 3. The number of anilines is 2. The van der Waals surface area contributed by atoms with Gasteiger partial charge >= 0.3 is 0 Å². The van der Waals surface area contributed by atoms with Gasteiger partial charge in [0, 0.05) is 24.3 Å². The van der Waals surface area contributed by atoms with Crippen molar-refractivity contribution in [3.8, 4) is 0 Å². The molecule has 0 saturated carbocycles. The lowest BCUT2D eigenvalue weighted by atomic mass is 9.99. The van der Waals surface area contributed by atoms with Crippen LogP contribution in [-0.4, -0.2) is 18.4 Å². The molecule has 4 nitrogen and oxygen atoms in total. The zero-order chi connectivity index (χ0) is 19.5. The van der Waals surface area contributed by atoms with Gasteiger partial charge in [-0.2, -0.15) is 0 Å². The Morgan fingerprint density at radius 2 is 1.86 bits per heavy atom. The predicted octanol–water partition coefficient (Wildman–Crippen LogP) is 4.71. The van der Waals surface area contributed by atoms with Gasteiger partial charge in [-0.25, -0.2) is 0 Å². The van der Waals surface area contributed by atoms with E-state index < -0.39 is 0 Å². The molecule has 0 unspecified atom stereocenters. The first-order chi connectivity index (χ1) is 13.7. The van der Waals surface area contributed by atoms with E-state index in [2.05, 4.69) is 30.4 Å². The molecule has 3 aromatic carbocycles. The second kappa shape index (κ2) is 7.85. The van der Waals surface area contributed by atoms with Gasteiger partial charge in [0.1, 0.15) is 0 Å². The van der Waals surface area contributed by atoms with E-state index in [4.69, 9.17) is 0 Å². The van der Waals surface area contributed by atoms with Crippen molar-refractivity contribution in [1.29, 1.82) is 0 Å². The number of hydrogen-bond donors (Lipinski definition) is 1. The summed E-state index contributed by atoms with van der Waals surface area (Å²) in [5.74, 6) is 0.149. The molecule has 1 aliphatic heterocycles. The minimum Gasteiger partial charge on any atom is -0.326 e. The third-order valence-corrected chi connectivity index (χ3v) is 5.24. The summed E-state index contributed by atoms with van der Waals surface area (Å²) in [5.41, 5.74) is 3.91. The van der Waals surface area contributed by atoms with Crippen LogP contribution < -0.4 is 10.2 Å². The first-order valence-corrected chi connectivity index (χ1v) is 9.85. The highest BCUT2D eigenvalue weighted by Crippen LogP contribution is 2.30. The van der Waals surface area contributed by atoms with Gasteiger partial charge in [0.05, 0.1) is 6.42 Å². The molecule has 4 heteroatoms. The van der Waals surface area contributed by atoms with Gasteiger partial charge < -0.3 is 10.2 Å². The second-order valence-electron chi connectivity index (χ2n) is 7.25. The third kappa shape index (κ3) is 3.63. The minimum absolute atomic E-state index is 0.0337. The molecule has 4 rings (SSSR count). The number of carbonyl (C=O) groups is 2. The van der Waals surface area contributed by atoms with Crippen molar-refractivity contribution < 1.29 is 9.59 Å². The number of carbonyl (C=O) groups excluding carboxylic acids is 2. The van der Waals surface area contributed by atoms with Crippen LogP contribution in [0.25, 0.3) is 10.8 Å². The largest absolute Gasteiger partial charge is 0.326 e. The molecule has 0 aromatic heterocycles. The number of nitrogens with zero attached hydrogens (tertiary/aromatic N) is 1. The SMILES string of the molecule is CCCN1C(=O)CCc2cc(NC(=O)Cc3cccc4ccccc34)ccc21. The van der Waals surface area contributed by atoms with Gasteiger partial charge in [0.2, 0.25) is 11.8 Å². The van der Waals surface area contributed by atoms with E-state index in [0.717, 1.165) is 52.7 Å². The van der Waals surface area contributed by atoms with Crippen molar-refractivity contribution in [3.63, 3.8) is 0 Å². The van der Waals surface area contributed by atoms with Crippen LogP contribution in [0.4, 0.5) is 11.4 Å². The second-order valence-corrected chi connectivity index (χ2v) is 7.25. The van der Waals surface area contributed by atoms with Crippen molar-refractivity contribution in [2.24, 2.45) is 0 Å². The Morgan fingerprint density at radius 1 is 1.04 bits per heavy atom. The van der Waals surface area contributed by atoms with Crippen LogP contribution >= 0.6 is 0 Å². The summed E-state index contributed by atoms with van der Waals surface area (Å²) in [6.07, 6.45) is 2.51. The molecular weight excluding hydrogens is 348 g/mol. The van der Waals surface area contributed by atoms with Crippen LogP contribution in [0.3, 0.4) is 0 Å². The Balaban J connectivity index is 1.51. The molecule has 2 amide bonds. The standard InChI is InChI=1S/C24H24N2O2/c1-2-14-26-22-12-11-20(15-19(22)10-13-24(26)28)25-23(27)16-18-8-5-7-17-6-3-4-9-21(17)18/h3-9,11-12,15H,2,10,13-14,16H2,1H3,(H,25,27). The van der Waals surface area contributed by atoms with E-state index in [1.807, 2.05) is 47.4 Å². The highest BCUT2D eigenvalue weighted by molar-refractivity contribution is 5.99. The lowest BCUT2D eigenvalue weighted by Crippen LogP contribution is -2.35. The fourth-order valence-electron chi connectivity index (χ4n) is 3.93. The zero-order valence-corrected chi connectivity index (χ0v) is 16.1. The summed E-state index contributed by atoms with van der Waals surface area (Å²) in [6, 6.07) is 20.0. The van der Waals surface area contributed by atoms with E-state index in [1.165, 1.54) is 0 Å².